The molecule has 2 rings (SSSR count). The third kappa shape index (κ3) is 10.7. The minimum Gasteiger partial charge on any atom is -0.497 e. The molecule has 0 aliphatic heterocycles. The first-order chi connectivity index (χ1) is 19.8. The van der Waals surface area contributed by atoms with E-state index in [0.717, 1.165) is 5.56 Å². The quantitative estimate of drug-likeness (QED) is 0.253. The number of methoxy groups -OCH3 is 1. The summed E-state index contributed by atoms with van der Waals surface area (Å²) in [5.74, 6) is -0.365. The summed E-state index contributed by atoms with van der Waals surface area (Å²) in [6, 6.07) is 13.8. The summed E-state index contributed by atoms with van der Waals surface area (Å²) in [5.41, 5.74) is 0.868. The molecule has 3 N–H and O–H groups in total. The summed E-state index contributed by atoms with van der Waals surface area (Å²) >= 11 is 0. The van der Waals surface area contributed by atoms with Crippen LogP contribution in [0.2, 0.25) is 0 Å². The van der Waals surface area contributed by atoms with Gasteiger partial charge in [-0.05, 0) is 62.2 Å². The smallest absolute Gasteiger partial charge is 0.243 e. The average Bonchev–Trinajstić information content (AvgIpc) is 2.94. The van der Waals surface area contributed by atoms with Gasteiger partial charge in [0.25, 0.3) is 0 Å². The van der Waals surface area contributed by atoms with E-state index in [1.807, 2.05) is 58.0 Å². The number of rotatable bonds is 17. The Morgan fingerprint density at radius 2 is 1.57 bits per heavy atom. The van der Waals surface area contributed by atoms with Crippen molar-refractivity contribution >= 4 is 21.8 Å². The number of aliphatic hydroxyl groups is 1. The van der Waals surface area contributed by atoms with E-state index >= 15 is 0 Å². The lowest BCUT2D eigenvalue weighted by molar-refractivity contribution is -0.131. The van der Waals surface area contributed by atoms with E-state index < -0.39 is 34.1 Å². The number of ether oxygens (including phenoxy) is 1. The Hall–Kier alpha value is -2.99. The molecule has 0 saturated carbocycles. The van der Waals surface area contributed by atoms with E-state index in [-0.39, 0.29) is 48.7 Å². The highest BCUT2D eigenvalue weighted by Gasteiger charge is 2.34. The van der Waals surface area contributed by atoms with Gasteiger partial charge in [0.2, 0.25) is 21.8 Å². The number of carbonyl (C=O) groups is 2. The molecule has 0 spiro atoms. The molecule has 2 unspecified atom stereocenters. The Bertz CT molecular complexity index is 1220. The fraction of sp³-hybridized carbons (Fsp3) is 0.548. The van der Waals surface area contributed by atoms with Crippen molar-refractivity contribution in [3.05, 3.63) is 60.2 Å². The summed E-state index contributed by atoms with van der Waals surface area (Å²) in [7, 11) is 1.08. The topological polar surface area (TPSA) is 128 Å². The molecule has 10 nitrogen and oxygen atoms in total. The van der Waals surface area contributed by atoms with Gasteiger partial charge in [-0.25, -0.2) is 8.42 Å². The predicted octanol–water partition coefficient (Wildman–Crippen LogP) is 2.52. The van der Waals surface area contributed by atoms with Crippen LogP contribution in [0.5, 0.6) is 5.75 Å². The number of hydrogen-bond donors (Lipinski definition) is 3. The summed E-state index contributed by atoms with van der Waals surface area (Å²) in [6.07, 6.45) is -0.324. The zero-order chi connectivity index (χ0) is 31.4. The molecule has 0 bridgehead atoms. The molecule has 0 aliphatic rings. The highest BCUT2D eigenvalue weighted by atomic mass is 32.2. The summed E-state index contributed by atoms with van der Waals surface area (Å²) < 4.78 is 33.8. The Morgan fingerprint density at radius 1 is 0.952 bits per heavy atom. The molecule has 2 amide bonds. The summed E-state index contributed by atoms with van der Waals surface area (Å²) in [4.78, 5) is 28.0. The maximum Gasteiger partial charge on any atom is 0.243 e. The van der Waals surface area contributed by atoms with Crippen molar-refractivity contribution < 1.29 is 27.9 Å². The molecular formula is C31H48N4O6S. The van der Waals surface area contributed by atoms with Crippen molar-refractivity contribution in [1.82, 2.24) is 19.8 Å². The highest BCUT2D eigenvalue weighted by molar-refractivity contribution is 7.89. The number of likely N-dealkylation sites (N-methyl/N-ethyl adjacent to an activating group) is 1. The Balaban J connectivity index is 2.38. The molecule has 0 aromatic heterocycles. The van der Waals surface area contributed by atoms with Gasteiger partial charge in [0.1, 0.15) is 11.8 Å². The van der Waals surface area contributed by atoms with Crippen LogP contribution in [0, 0.1) is 11.8 Å². The van der Waals surface area contributed by atoms with Crippen molar-refractivity contribution in [2.45, 2.75) is 63.6 Å². The molecule has 0 fully saturated rings. The monoisotopic (exact) mass is 604 g/mol. The van der Waals surface area contributed by atoms with Crippen molar-refractivity contribution in [3.63, 3.8) is 0 Å². The van der Waals surface area contributed by atoms with Crippen molar-refractivity contribution in [2.75, 3.05) is 40.8 Å². The second-order valence-corrected chi connectivity index (χ2v) is 13.4. The largest absolute Gasteiger partial charge is 0.497 e. The Morgan fingerprint density at radius 3 is 2.10 bits per heavy atom. The minimum absolute atomic E-state index is 0.0194. The minimum atomic E-state index is -3.97. The number of nitrogens with one attached hydrogen (secondary N) is 2. The molecule has 0 aliphatic carbocycles. The first-order valence-electron chi connectivity index (χ1n) is 14.4. The second-order valence-electron chi connectivity index (χ2n) is 11.4. The van der Waals surface area contributed by atoms with E-state index in [4.69, 9.17) is 4.74 Å². The van der Waals surface area contributed by atoms with E-state index in [9.17, 15) is 23.1 Å². The maximum absolute atomic E-state index is 13.7. The van der Waals surface area contributed by atoms with Crippen LogP contribution < -0.4 is 15.4 Å². The SMILES string of the molecule is CCC(C)[C@H](NC(=O)CN(C)C)C(=O)N[C@@H](Cc1ccccc1)C(O)CN(CC(C)C)S(=O)(=O)c1ccc(OC)cc1. The van der Waals surface area contributed by atoms with E-state index in [2.05, 4.69) is 10.6 Å². The number of hydrogen-bond acceptors (Lipinski definition) is 7. The van der Waals surface area contributed by atoms with Crippen LogP contribution in [0.25, 0.3) is 0 Å². The fourth-order valence-electron chi connectivity index (χ4n) is 4.54. The van der Waals surface area contributed by atoms with Gasteiger partial charge < -0.3 is 25.4 Å². The molecule has 0 saturated heterocycles. The lowest BCUT2D eigenvalue weighted by Crippen LogP contribution is -2.57. The zero-order valence-electron chi connectivity index (χ0n) is 25.9. The molecule has 42 heavy (non-hydrogen) atoms. The van der Waals surface area contributed by atoms with Gasteiger partial charge in [-0.2, -0.15) is 4.31 Å². The normalized spacial score (nSPS) is 14.8. The zero-order valence-corrected chi connectivity index (χ0v) is 26.7. The number of amides is 2. The lowest BCUT2D eigenvalue weighted by atomic mass is 9.96. The summed E-state index contributed by atoms with van der Waals surface area (Å²) in [5, 5.41) is 17.3. The maximum atomic E-state index is 13.7. The molecular weight excluding hydrogens is 556 g/mol. The van der Waals surface area contributed by atoms with Crippen molar-refractivity contribution in [3.8, 4) is 5.75 Å². The lowest BCUT2D eigenvalue weighted by Gasteiger charge is -2.32. The Labute approximate surface area is 251 Å². The fourth-order valence-corrected chi connectivity index (χ4v) is 6.16. The average molecular weight is 605 g/mol. The third-order valence-electron chi connectivity index (χ3n) is 7.02. The van der Waals surface area contributed by atoms with Crippen LogP contribution in [0.15, 0.2) is 59.5 Å². The van der Waals surface area contributed by atoms with Crippen molar-refractivity contribution in [2.24, 2.45) is 11.8 Å². The van der Waals surface area contributed by atoms with Gasteiger partial charge in [-0.3, -0.25) is 9.59 Å². The third-order valence-corrected chi connectivity index (χ3v) is 8.86. The van der Waals surface area contributed by atoms with E-state index in [1.165, 1.54) is 23.5 Å². The van der Waals surface area contributed by atoms with Crippen LogP contribution in [-0.4, -0.2) is 93.6 Å². The van der Waals surface area contributed by atoms with Gasteiger partial charge in [-0.15, -0.1) is 0 Å². The van der Waals surface area contributed by atoms with Crippen molar-refractivity contribution in [1.29, 1.82) is 0 Å². The van der Waals surface area contributed by atoms with Crippen LogP contribution in [0.4, 0.5) is 0 Å². The number of aliphatic hydroxyl groups excluding tert-OH is 1. The first-order valence-corrected chi connectivity index (χ1v) is 15.8. The Kier molecular flexibility index (Phi) is 13.9. The second kappa shape index (κ2) is 16.6. The standard InChI is InChI=1S/C31H48N4O6S/c1-8-23(4)30(33-29(37)21-34(5)6)31(38)32-27(18-24-12-10-9-11-13-24)28(36)20-35(19-22(2)3)42(39,40)26-16-14-25(41-7)15-17-26/h9-17,22-23,27-28,30,36H,8,18-21H2,1-7H3,(H,32,38)(H,33,37)/t23?,27-,28?,30-/m0/s1. The molecule has 2 aromatic carbocycles. The highest BCUT2D eigenvalue weighted by Crippen LogP contribution is 2.22. The van der Waals surface area contributed by atoms with Crippen LogP contribution in [-0.2, 0) is 26.0 Å². The molecule has 4 atom stereocenters. The predicted molar refractivity (Wildman–Crippen MR) is 165 cm³/mol. The molecule has 0 heterocycles. The summed E-state index contributed by atoms with van der Waals surface area (Å²) in [6.45, 7) is 7.70. The van der Waals surface area contributed by atoms with E-state index in [1.54, 1.807) is 31.1 Å². The molecule has 11 heteroatoms. The molecule has 0 radical (unpaired) electrons. The number of sulfonamides is 1. The van der Waals surface area contributed by atoms with Gasteiger partial charge in [0, 0.05) is 13.1 Å². The molecule has 234 valence electrons. The van der Waals surface area contributed by atoms with Crippen LogP contribution >= 0.6 is 0 Å². The number of carbonyl (C=O) groups excluding carboxylic acids is 2. The number of benzene rings is 2. The van der Waals surface area contributed by atoms with Crippen LogP contribution in [0.3, 0.4) is 0 Å². The van der Waals surface area contributed by atoms with E-state index in [0.29, 0.717) is 12.2 Å². The number of nitrogens with zero attached hydrogens (tertiary/aromatic N) is 2. The first kappa shape index (κ1) is 35.2. The molecule has 2 aromatic rings. The van der Waals surface area contributed by atoms with Gasteiger partial charge in [0.05, 0.1) is 30.7 Å². The van der Waals surface area contributed by atoms with Gasteiger partial charge in [-0.1, -0.05) is 64.4 Å². The van der Waals surface area contributed by atoms with Gasteiger partial charge in [0.15, 0.2) is 0 Å². The van der Waals surface area contributed by atoms with Crippen LogP contribution in [0.1, 0.15) is 39.7 Å². The van der Waals surface area contributed by atoms with Gasteiger partial charge >= 0.3 is 0 Å².